The van der Waals surface area contributed by atoms with Gasteiger partial charge in [0.25, 0.3) is 0 Å². The lowest BCUT2D eigenvalue weighted by Gasteiger charge is -2.20. The molecule has 0 saturated carbocycles. The summed E-state index contributed by atoms with van der Waals surface area (Å²) in [5.41, 5.74) is 6.60. The van der Waals surface area contributed by atoms with Crippen molar-refractivity contribution in [3.63, 3.8) is 0 Å². The second-order valence-electron chi connectivity index (χ2n) is 3.75. The van der Waals surface area contributed by atoms with E-state index in [4.69, 9.17) is 5.73 Å². The third-order valence-corrected chi connectivity index (χ3v) is 3.13. The lowest BCUT2D eigenvalue weighted by atomic mass is 10.2. The van der Waals surface area contributed by atoms with Gasteiger partial charge in [-0.15, -0.1) is 0 Å². The van der Waals surface area contributed by atoms with Gasteiger partial charge in [-0.3, -0.25) is 0 Å². The van der Waals surface area contributed by atoms with Gasteiger partial charge in [-0.05, 0) is 18.2 Å². The minimum absolute atomic E-state index is 0.0133. The number of rotatable bonds is 4. The molecular formula is C10H15FN2O2S. The van der Waals surface area contributed by atoms with Crippen molar-refractivity contribution >= 4 is 21.2 Å². The lowest BCUT2D eigenvalue weighted by Crippen LogP contribution is -2.25. The highest BCUT2D eigenvalue weighted by Gasteiger charge is 2.09. The summed E-state index contributed by atoms with van der Waals surface area (Å²) in [6.07, 6.45) is 1.16. The molecule has 6 heteroatoms. The van der Waals surface area contributed by atoms with Crippen LogP contribution in [0.25, 0.3) is 0 Å². The molecule has 1 rings (SSSR count). The molecule has 0 aliphatic rings. The van der Waals surface area contributed by atoms with Crippen LogP contribution in [0.5, 0.6) is 0 Å². The molecule has 0 radical (unpaired) electrons. The topological polar surface area (TPSA) is 63.4 Å². The van der Waals surface area contributed by atoms with E-state index in [9.17, 15) is 12.8 Å². The standard InChI is InChI=1S/C10H15FN2O2S/c1-13(5-6-16(2,14)15)10-7-8(11)3-4-9(10)12/h3-4,7H,5-6,12H2,1-2H3. The molecule has 0 aromatic heterocycles. The molecule has 0 aliphatic heterocycles. The lowest BCUT2D eigenvalue weighted by molar-refractivity contribution is 0.601. The van der Waals surface area contributed by atoms with E-state index in [1.807, 2.05) is 0 Å². The fourth-order valence-corrected chi connectivity index (χ4v) is 1.88. The third kappa shape index (κ3) is 3.69. The monoisotopic (exact) mass is 246 g/mol. The summed E-state index contributed by atoms with van der Waals surface area (Å²) in [5.74, 6) is -0.380. The van der Waals surface area contributed by atoms with Crippen molar-refractivity contribution in [2.75, 3.05) is 36.2 Å². The minimum Gasteiger partial charge on any atom is -0.397 e. The number of sulfone groups is 1. The number of hydrogen-bond donors (Lipinski definition) is 1. The van der Waals surface area contributed by atoms with Crippen LogP contribution in [0.3, 0.4) is 0 Å². The van der Waals surface area contributed by atoms with Gasteiger partial charge in [-0.25, -0.2) is 12.8 Å². The summed E-state index contributed by atoms with van der Waals surface area (Å²) in [5, 5.41) is 0. The van der Waals surface area contributed by atoms with Crippen LogP contribution in [-0.2, 0) is 9.84 Å². The van der Waals surface area contributed by atoms with Gasteiger partial charge in [-0.2, -0.15) is 0 Å². The van der Waals surface area contributed by atoms with Gasteiger partial charge >= 0.3 is 0 Å². The average molecular weight is 246 g/mol. The van der Waals surface area contributed by atoms with Gasteiger partial charge in [0.15, 0.2) is 0 Å². The Hall–Kier alpha value is -1.30. The van der Waals surface area contributed by atoms with Crippen LogP contribution in [0.2, 0.25) is 0 Å². The number of nitrogens with two attached hydrogens (primary N) is 1. The first-order valence-electron chi connectivity index (χ1n) is 4.73. The molecule has 0 bridgehead atoms. The summed E-state index contributed by atoms with van der Waals surface area (Å²) in [6, 6.07) is 4.02. The van der Waals surface area contributed by atoms with Crippen LogP contribution in [0.4, 0.5) is 15.8 Å². The molecule has 0 unspecified atom stereocenters. The van der Waals surface area contributed by atoms with Crippen molar-refractivity contribution in [2.45, 2.75) is 0 Å². The number of nitrogens with zero attached hydrogens (tertiary/aromatic N) is 1. The molecule has 2 N–H and O–H groups in total. The Morgan fingerprint density at radius 2 is 2.06 bits per heavy atom. The Morgan fingerprint density at radius 1 is 1.44 bits per heavy atom. The molecule has 0 heterocycles. The molecule has 0 fully saturated rings. The Kier molecular flexibility index (Phi) is 3.74. The fourth-order valence-electron chi connectivity index (χ4n) is 1.27. The zero-order chi connectivity index (χ0) is 12.3. The van der Waals surface area contributed by atoms with E-state index < -0.39 is 15.7 Å². The van der Waals surface area contributed by atoms with Crippen LogP contribution >= 0.6 is 0 Å². The molecule has 0 amide bonds. The van der Waals surface area contributed by atoms with Gasteiger partial charge < -0.3 is 10.6 Å². The van der Waals surface area contributed by atoms with Crippen molar-refractivity contribution in [3.8, 4) is 0 Å². The first kappa shape index (κ1) is 12.8. The minimum atomic E-state index is -3.03. The Morgan fingerprint density at radius 3 is 2.62 bits per heavy atom. The fraction of sp³-hybridized carbons (Fsp3) is 0.400. The third-order valence-electron chi connectivity index (χ3n) is 2.20. The number of nitrogen functional groups attached to an aromatic ring is 1. The number of anilines is 2. The molecule has 0 spiro atoms. The number of halogens is 1. The van der Waals surface area contributed by atoms with Crippen molar-refractivity contribution in [3.05, 3.63) is 24.0 Å². The molecule has 0 atom stereocenters. The van der Waals surface area contributed by atoms with Crippen LogP contribution in [0.15, 0.2) is 18.2 Å². The summed E-state index contributed by atoms with van der Waals surface area (Å²) < 4.78 is 35.0. The van der Waals surface area contributed by atoms with Crippen molar-refractivity contribution in [2.24, 2.45) is 0 Å². The van der Waals surface area contributed by atoms with E-state index in [1.54, 1.807) is 11.9 Å². The molecule has 0 saturated heterocycles. The second-order valence-corrected chi connectivity index (χ2v) is 6.01. The zero-order valence-corrected chi connectivity index (χ0v) is 10.1. The predicted molar refractivity (Wildman–Crippen MR) is 63.8 cm³/mol. The highest BCUT2D eigenvalue weighted by molar-refractivity contribution is 7.90. The zero-order valence-electron chi connectivity index (χ0n) is 9.27. The van der Waals surface area contributed by atoms with Crippen LogP contribution < -0.4 is 10.6 Å². The summed E-state index contributed by atoms with van der Waals surface area (Å²) >= 11 is 0. The predicted octanol–water partition coefficient (Wildman–Crippen LogP) is 0.889. The first-order chi connectivity index (χ1) is 7.29. The number of hydrogen-bond acceptors (Lipinski definition) is 4. The second kappa shape index (κ2) is 4.69. The molecule has 1 aromatic rings. The van der Waals surface area contributed by atoms with Crippen LogP contribution in [0.1, 0.15) is 0 Å². The summed E-state index contributed by atoms with van der Waals surface area (Å²) in [7, 11) is -1.35. The first-order valence-corrected chi connectivity index (χ1v) is 6.79. The van der Waals surface area contributed by atoms with Crippen LogP contribution in [0, 0.1) is 5.82 Å². The molecule has 0 aliphatic carbocycles. The molecular weight excluding hydrogens is 231 g/mol. The van der Waals surface area contributed by atoms with Crippen molar-refractivity contribution in [1.82, 2.24) is 0 Å². The van der Waals surface area contributed by atoms with Crippen LogP contribution in [-0.4, -0.2) is 34.0 Å². The van der Waals surface area contributed by atoms with E-state index in [1.165, 1.54) is 18.2 Å². The summed E-state index contributed by atoms with van der Waals surface area (Å²) in [6.45, 7) is 0.284. The van der Waals surface area contributed by atoms with E-state index in [0.717, 1.165) is 6.26 Å². The SMILES string of the molecule is CN(CCS(C)(=O)=O)c1cc(F)ccc1N. The Labute approximate surface area is 94.8 Å². The van der Waals surface area contributed by atoms with E-state index in [0.29, 0.717) is 11.4 Å². The highest BCUT2D eigenvalue weighted by atomic mass is 32.2. The maximum atomic E-state index is 13.0. The molecule has 1 aromatic carbocycles. The van der Waals surface area contributed by atoms with Crippen molar-refractivity contribution < 1.29 is 12.8 Å². The van der Waals surface area contributed by atoms with Gasteiger partial charge in [0.05, 0.1) is 17.1 Å². The normalized spacial score (nSPS) is 11.4. The maximum Gasteiger partial charge on any atom is 0.149 e. The largest absolute Gasteiger partial charge is 0.397 e. The molecule has 16 heavy (non-hydrogen) atoms. The summed E-state index contributed by atoms with van der Waals surface area (Å²) in [4.78, 5) is 1.62. The van der Waals surface area contributed by atoms with Gasteiger partial charge in [0.1, 0.15) is 15.7 Å². The van der Waals surface area contributed by atoms with Gasteiger partial charge in [0.2, 0.25) is 0 Å². The Bertz CT molecular complexity index is 474. The molecule has 90 valence electrons. The smallest absolute Gasteiger partial charge is 0.149 e. The highest BCUT2D eigenvalue weighted by Crippen LogP contribution is 2.22. The number of benzene rings is 1. The van der Waals surface area contributed by atoms with E-state index >= 15 is 0 Å². The van der Waals surface area contributed by atoms with Crippen molar-refractivity contribution in [1.29, 1.82) is 0 Å². The average Bonchev–Trinajstić information content (AvgIpc) is 2.17. The van der Waals surface area contributed by atoms with E-state index in [-0.39, 0.29) is 12.3 Å². The van der Waals surface area contributed by atoms with Gasteiger partial charge in [-0.1, -0.05) is 0 Å². The van der Waals surface area contributed by atoms with Gasteiger partial charge in [0, 0.05) is 19.8 Å². The molecule has 4 nitrogen and oxygen atoms in total. The maximum absolute atomic E-state index is 13.0. The Balaban J connectivity index is 2.80. The van der Waals surface area contributed by atoms with E-state index in [2.05, 4.69) is 0 Å². The quantitative estimate of drug-likeness (QED) is 0.801.